The van der Waals surface area contributed by atoms with Crippen LogP contribution in [0.25, 0.3) is 0 Å². The van der Waals surface area contributed by atoms with Gasteiger partial charge in [0.1, 0.15) is 5.82 Å². The van der Waals surface area contributed by atoms with E-state index in [1.54, 1.807) is 14.0 Å². The van der Waals surface area contributed by atoms with E-state index in [1.807, 2.05) is 0 Å². The molecule has 0 aliphatic carbocycles. The molecule has 1 aromatic rings. The lowest BCUT2D eigenvalue weighted by molar-refractivity contribution is -0.137. The van der Waals surface area contributed by atoms with Crippen molar-refractivity contribution in [2.75, 3.05) is 13.6 Å². The standard InChI is InChI=1S/C12H14F4N2O/c1-7(17-2)6-18-11(19)9-5-8(12(14,15)16)3-4-10(9)13/h3-5,7,17H,6H2,1-2H3,(H,18,19). The Balaban J connectivity index is 2.90. The molecule has 19 heavy (non-hydrogen) atoms. The molecule has 0 bridgehead atoms. The van der Waals surface area contributed by atoms with Gasteiger partial charge < -0.3 is 10.6 Å². The third-order valence-corrected chi connectivity index (χ3v) is 2.60. The lowest BCUT2D eigenvalue weighted by Crippen LogP contribution is -2.37. The summed E-state index contributed by atoms with van der Waals surface area (Å²) in [6, 6.07) is 1.67. The number of carbonyl (C=O) groups excluding carboxylic acids is 1. The maximum atomic E-state index is 13.4. The molecule has 1 rings (SSSR count). The number of likely N-dealkylation sites (N-methyl/N-ethyl adjacent to an activating group) is 1. The van der Waals surface area contributed by atoms with E-state index in [9.17, 15) is 22.4 Å². The summed E-state index contributed by atoms with van der Waals surface area (Å²) in [5, 5.41) is 5.19. The second-order valence-electron chi connectivity index (χ2n) is 4.09. The number of carbonyl (C=O) groups is 1. The quantitative estimate of drug-likeness (QED) is 0.829. The fourth-order valence-electron chi connectivity index (χ4n) is 1.32. The number of amides is 1. The monoisotopic (exact) mass is 278 g/mol. The first kappa shape index (κ1) is 15.4. The first-order valence-electron chi connectivity index (χ1n) is 5.58. The fourth-order valence-corrected chi connectivity index (χ4v) is 1.32. The predicted molar refractivity (Wildman–Crippen MR) is 62.3 cm³/mol. The molecule has 0 aliphatic heterocycles. The van der Waals surface area contributed by atoms with E-state index in [-0.39, 0.29) is 12.6 Å². The molecule has 0 fully saturated rings. The maximum Gasteiger partial charge on any atom is 0.416 e. The van der Waals surface area contributed by atoms with E-state index in [4.69, 9.17) is 0 Å². The molecule has 0 aliphatic rings. The van der Waals surface area contributed by atoms with Crippen molar-refractivity contribution in [2.45, 2.75) is 19.1 Å². The van der Waals surface area contributed by atoms with Crippen molar-refractivity contribution in [3.63, 3.8) is 0 Å². The summed E-state index contributed by atoms with van der Waals surface area (Å²) in [4.78, 5) is 11.6. The number of nitrogens with one attached hydrogen (secondary N) is 2. The minimum Gasteiger partial charge on any atom is -0.350 e. The first-order valence-corrected chi connectivity index (χ1v) is 5.58. The number of rotatable bonds is 4. The minimum absolute atomic E-state index is 0.0715. The molecule has 106 valence electrons. The molecule has 3 nitrogen and oxygen atoms in total. The zero-order chi connectivity index (χ0) is 14.6. The van der Waals surface area contributed by atoms with Gasteiger partial charge in [0.2, 0.25) is 0 Å². The SMILES string of the molecule is CNC(C)CNC(=O)c1cc(C(F)(F)F)ccc1F. The van der Waals surface area contributed by atoms with Gasteiger partial charge in [-0.15, -0.1) is 0 Å². The fraction of sp³-hybridized carbons (Fsp3) is 0.417. The summed E-state index contributed by atoms with van der Waals surface area (Å²) in [7, 11) is 1.67. The van der Waals surface area contributed by atoms with Crippen LogP contribution in [0.3, 0.4) is 0 Å². The topological polar surface area (TPSA) is 41.1 Å². The van der Waals surface area contributed by atoms with Gasteiger partial charge in [-0.2, -0.15) is 13.2 Å². The predicted octanol–water partition coefficient (Wildman–Crippen LogP) is 2.18. The van der Waals surface area contributed by atoms with Gasteiger partial charge in [0.25, 0.3) is 5.91 Å². The molecule has 2 N–H and O–H groups in total. The van der Waals surface area contributed by atoms with Crippen molar-refractivity contribution in [3.8, 4) is 0 Å². The molecule has 1 atom stereocenters. The second kappa shape index (κ2) is 6.01. The highest BCUT2D eigenvalue weighted by Gasteiger charge is 2.31. The average molecular weight is 278 g/mol. The van der Waals surface area contributed by atoms with Crippen LogP contribution < -0.4 is 10.6 Å². The molecule has 0 aromatic heterocycles. The average Bonchev–Trinajstić information content (AvgIpc) is 2.34. The van der Waals surface area contributed by atoms with Gasteiger partial charge in [-0.3, -0.25) is 4.79 Å². The molecule has 1 aromatic carbocycles. The van der Waals surface area contributed by atoms with Gasteiger partial charge in [-0.25, -0.2) is 4.39 Å². The zero-order valence-electron chi connectivity index (χ0n) is 10.4. The van der Waals surface area contributed by atoms with E-state index in [0.29, 0.717) is 18.2 Å². The third-order valence-electron chi connectivity index (χ3n) is 2.60. The number of halogens is 4. The van der Waals surface area contributed by atoms with Crippen LogP contribution in [-0.2, 0) is 6.18 Å². The number of alkyl halides is 3. The van der Waals surface area contributed by atoms with Crippen molar-refractivity contribution >= 4 is 5.91 Å². The molecular formula is C12H14F4N2O. The minimum atomic E-state index is -4.61. The Morgan fingerprint density at radius 2 is 2.00 bits per heavy atom. The normalized spacial score (nSPS) is 13.2. The zero-order valence-corrected chi connectivity index (χ0v) is 10.4. The highest BCUT2D eigenvalue weighted by atomic mass is 19.4. The highest BCUT2D eigenvalue weighted by molar-refractivity contribution is 5.94. The van der Waals surface area contributed by atoms with Gasteiger partial charge in [0.15, 0.2) is 0 Å². The van der Waals surface area contributed by atoms with Crippen LogP contribution in [0, 0.1) is 5.82 Å². The van der Waals surface area contributed by atoms with E-state index in [1.165, 1.54) is 0 Å². The van der Waals surface area contributed by atoms with Gasteiger partial charge in [-0.05, 0) is 32.2 Å². The lowest BCUT2D eigenvalue weighted by atomic mass is 10.1. The molecule has 7 heteroatoms. The summed E-state index contributed by atoms with van der Waals surface area (Å²) in [5.41, 5.74) is -1.67. The molecule has 1 amide bonds. The van der Waals surface area contributed by atoms with E-state index in [2.05, 4.69) is 10.6 Å². The second-order valence-corrected chi connectivity index (χ2v) is 4.09. The van der Waals surface area contributed by atoms with Gasteiger partial charge in [0, 0.05) is 12.6 Å². The van der Waals surface area contributed by atoms with Gasteiger partial charge in [0.05, 0.1) is 11.1 Å². The lowest BCUT2D eigenvalue weighted by Gasteiger charge is -2.13. The molecule has 1 unspecified atom stereocenters. The summed E-state index contributed by atoms with van der Waals surface area (Å²) in [5.74, 6) is -1.85. The molecule has 0 heterocycles. The molecular weight excluding hydrogens is 264 g/mol. The molecule has 0 saturated carbocycles. The van der Waals surface area contributed by atoms with Crippen LogP contribution in [0.4, 0.5) is 17.6 Å². The summed E-state index contributed by atoms with van der Waals surface area (Å²) >= 11 is 0. The Labute approximate surface area is 108 Å². The van der Waals surface area contributed by atoms with E-state index >= 15 is 0 Å². The Hall–Kier alpha value is -1.63. The number of hydrogen-bond acceptors (Lipinski definition) is 2. The Morgan fingerprint density at radius 1 is 1.37 bits per heavy atom. The van der Waals surface area contributed by atoms with Crippen LogP contribution in [0.5, 0.6) is 0 Å². The van der Waals surface area contributed by atoms with Crippen molar-refractivity contribution in [1.82, 2.24) is 10.6 Å². The largest absolute Gasteiger partial charge is 0.416 e. The molecule has 0 saturated heterocycles. The van der Waals surface area contributed by atoms with Crippen molar-refractivity contribution < 1.29 is 22.4 Å². The third kappa shape index (κ3) is 4.20. The van der Waals surface area contributed by atoms with Crippen LogP contribution in [0.15, 0.2) is 18.2 Å². The van der Waals surface area contributed by atoms with Crippen molar-refractivity contribution in [2.24, 2.45) is 0 Å². The Bertz CT molecular complexity index is 460. The summed E-state index contributed by atoms with van der Waals surface area (Å²) in [6.45, 7) is 1.95. The van der Waals surface area contributed by atoms with Crippen LogP contribution in [0.2, 0.25) is 0 Å². The maximum absolute atomic E-state index is 13.4. The van der Waals surface area contributed by atoms with Gasteiger partial charge >= 0.3 is 6.18 Å². The number of hydrogen-bond donors (Lipinski definition) is 2. The van der Waals surface area contributed by atoms with Crippen LogP contribution >= 0.6 is 0 Å². The van der Waals surface area contributed by atoms with Crippen molar-refractivity contribution in [3.05, 3.63) is 35.1 Å². The van der Waals surface area contributed by atoms with Gasteiger partial charge in [-0.1, -0.05) is 0 Å². The molecule has 0 spiro atoms. The first-order chi connectivity index (χ1) is 8.75. The Morgan fingerprint density at radius 3 is 2.53 bits per heavy atom. The summed E-state index contributed by atoms with van der Waals surface area (Å²) in [6.07, 6.45) is -4.61. The van der Waals surface area contributed by atoms with Crippen LogP contribution in [-0.4, -0.2) is 25.5 Å². The van der Waals surface area contributed by atoms with Crippen LogP contribution in [0.1, 0.15) is 22.8 Å². The number of benzene rings is 1. The highest BCUT2D eigenvalue weighted by Crippen LogP contribution is 2.30. The molecule has 0 radical (unpaired) electrons. The summed E-state index contributed by atoms with van der Waals surface area (Å²) < 4.78 is 50.8. The Kier molecular flexibility index (Phi) is 4.88. The van der Waals surface area contributed by atoms with E-state index < -0.39 is 29.0 Å². The smallest absolute Gasteiger partial charge is 0.350 e. The van der Waals surface area contributed by atoms with Crippen molar-refractivity contribution in [1.29, 1.82) is 0 Å². The van der Waals surface area contributed by atoms with E-state index in [0.717, 1.165) is 0 Å².